The molecule has 192 valence electrons. The number of halogens is 3. The Kier molecular flexibility index (Phi) is 8.14. The van der Waals surface area contributed by atoms with E-state index in [0.29, 0.717) is 41.6 Å². The van der Waals surface area contributed by atoms with E-state index in [1.54, 1.807) is 6.07 Å². The molecule has 0 saturated heterocycles. The number of benzene rings is 2. The van der Waals surface area contributed by atoms with Crippen molar-refractivity contribution in [3.8, 4) is 11.3 Å². The van der Waals surface area contributed by atoms with E-state index >= 15 is 0 Å². The lowest BCUT2D eigenvalue weighted by Crippen LogP contribution is -2.18. The van der Waals surface area contributed by atoms with E-state index < -0.39 is 17.8 Å². The lowest BCUT2D eigenvalue weighted by Gasteiger charge is -2.23. The van der Waals surface area contributed by atoms with Gasteiger partial charge in [-0.05, 0) is 55.9 Å². The smallest absolute Gasteiger partial charge is 0.388 e. The molecule has 1 saturated carbocycles. The van der Waals surface area contributed by atoms with E-state index in [2.05, 4.69) is 20.6 Å². The third-order valence-electron chi connectivity index (χ3n) is 6.90. The molecule has 3 aromatic rings. The van der Waals surface area contributed by atoms with Crippen molar-refractivity contribution in [1.82, 2.24) is 9.97 Å². The first-order valence-electron chi connectivity index (χ1n) is 12.6. The van der Waals surface area contributed by atoms with Gasteiger partial charge in [0, 0.05) is 35.1 Å². The molecule has 1 unspecified atom stereocenters. The highest BCUT2D eigenvalue weighted by atomic mass is 19.4. The quantitative estimate of drug-likeness (QED) is 0.298. The fraction of sp³-hybridized carbons (Fsp3) is 0.429. The number of rotatable bonds is 8. The number of hydrogen-bond acceptors (Lipinski definition) is 5. The highest BCUT2D eigenvalue weighted by molar-refractivity contribution is 5.78. The Morgan fingerprint density at radius 2 is 1.81 bits per heavy atom. The maximum absolute atomic E-state index is 13.5. The van der Waals surface area contributed by atoms with Gasteiger partial charge in [-0.2, -0.15) is 13.2 Å². The van der Waals surface area contributed by atoms with E-state index in [0.717, 1.165) is 48.6 Å². The third-order valence-corrected chi connectivity index (χ3v) is 6.90. The number of aromatic nitrogens is 2. The van der Waals surface area contributed by atoms with Gasteiger partial charge in [-0.1, -0.05) is 44.4 Å². The van der Waals surface area contributed by atoms with Gasteiger partial charge in [-0.3, -0.25) is 0 Å². The zero-order valence-electron chi connectivity index (χ0n) is 20.7. The second-order valence-electron chi connectivity index (χ2n) is 9.52. The maximum atomic E-state index is 13.5. The molecule has 1 aliphatic carbocycles. The number of aryl methyl sites for hydroxylation is 1. The molecule has 0 bridgehead atoms. The summed E-state index contributed by atoms with van der Waals surface area (Å²) in [5, 5.41) is 17.1. The Hall–Kier alpha value is -3.13. The van der Waals surface area contributed by atoms with Crippen LogP contribution in [0.15, 0.2) is 48.8 Å². The number of aliphatic hydroxyl groups excluding tert-OH is 1. The Morgan fingerprint density at radius 3 is 2.53 bits per heavy atom. The molecule has 0 aliphatic heterocycles. The largest absolute Gasteiger partial charge is 0.416 e. The molecule has 0 amide bonds. The van der Waals surface area contributed by atoms with E-state index in [1.165, 1.54) is 24.9 Å². The van der Waals surface area contributed by atoms with Crippen LogP contribution in [0.3, 0.4) is 0 Å². The van der Waals surface area contributed by atoms with Crippen LogP contribution in [0, 0.1) is 12.8 Å². The van der Waals surface area contributed by atoms with E-state index in [-0.39, 0.29) is 0 Å². The molecule has 4 rings (SSSR count). The van der Waals surface area contributed by atoms with Crippen LogP contribution in [0.4, 0.5) is 30.4 Å². The van der Waals surface area contributed by atoms with Crippen LogP contribution in [0.5, 0.6) is 0 Å². The van der Waals surface area contributed by atoms with Gasteiger partial charge in [-0.25, -0.2) is 9.97 Å². The Balaban J connectivity index is 1.65. The second kappa shape index (κ2) is 11.3. The molecule has 0 radical (unpaired) electrons. The molecule has 36 heavy (non-hydrogen) atoms. The highest BCUT2D eigenvalue weighted by Gasteiger charge is 2.31. The SMILES string of the molecule is CCC(O)c1c(C)cccc1Nc1cc(-c2ccc(C(F)(F)F)cc2NCC2CCCCC2)ncn1. The van der Waals surface area contributed by atoms with Crippen LogP contribution in [0.25, 0.3) is 11.3 Å². The molecule has 1 aromatic heterocycles. The van der Waals surface area contributed by atoms with Crippen molar-refractivity contribution >= 4 is 17.2 Å². The van der Waals surface area contributed by atoms with Crippen LogP contribution >= 0.6 is 0 Å². The van der Waals surface area contributed by atoms with Gasteiger partial charge < -0.3 is 15.7 Å². The van der Waals surface area contributed by atoms with E-state index in [4.69, 9.17) is 0 Å². The minimum atomic E-state index is -4.43. The highest BCUT2D eigenvalue weighted by Crippen LogP contribution is 2.37. The first-order chi connectivity index (χ1) is 17.3. The molecule has 5 nitrogen and oxygen atoms in total. The molecular weight excluding hydrogens is 465 g/mol. The van der Waals surface area contributed by atoms with E-state index in [1.807, 2.05) is 32.0 Å². The minimum Gasteiger partial charge on any atom is -0.388 e. The monoisotopic (exact) mass is 498 g/mol. The van der Waals surface area contributed by atoms with Crippen molar-refractivity contribution in [3.05, 3.63) is 65.5 Å². The summed E-state index contributed by atoms with van der Waals surface area (Å²) in [5.41, 5.74) is 3.31. The summed E-state index contributed by atoms with van der Waals surface area (Å²) in [6.07, 6.45) is 2.63. The van der Waals surface area contributed by atoms with Gasteiger partial charge in [0.1, 0.15) is 12.1 Å². The molecule has 0 spiro atoms. The van der Waals surface area contributed by atoms with Crippen molar-refractivity contribution in [1.29, 1.82) is 0 Å². The Bertz CT molecular complexity index is 1180. The normalized spacial score (nSPS) is 15.5. The summed E-state index contributed by atoms with van der Waals surface area (Å²) in [4.78, 5) is 8.69. The maximum Gasteiger partial charge on any atom is 0.416 e. The standard InChI is InChI=1S/C28H33F3N4O/c1-3-25(36)27-18(2)8-7-11-22(27)35-26-15-24(33-17-34-26)21-13-12-20(28(29,30)31)14-23(21)32-16-19-9-5-4-6-10-19/h7-8,11-15,17,19,25,32,36H,3-6,9-10,16H2,1-2H3,(H,33,34,35). The molecule has 3 N–H and O–H groups in total. The van der Waals surface area contributed by atoms with Crippen LogP contribution in [0.1, 0.15) is 68.2 Å². The number of anilines is 3. The summed E-state index contributed by atoms with van der Waals surface area (Å²) in [6.45, 7) is 4.49. The van der Waals surface area contributed by atoms with Crippen LogP contribution in [-0.2, 0) is 6.18 Å². The van der Waals surface area contributed by atoms with Crippen LogP contribution in [0.2, 0.25) is 0 Å². The zero-order valence-corrected chi connectivity index (χ0v) is 20.7. The van der Waals surface area contributed by atoms with Crippen LogP contribution < -0.4 is 10.6 Å². The number of nitrogens with zero attached hydrogens (tertiary/aromatic N) is 2. The Morgan fingerprint density at radius 1 is 1.03 bits per heavy atom. The molecule has 2 aromatic carbocycles. The number of aliphatic hydroxyl groups is 1. The number of alkyl halides is 3. The topological polar surface area (TPSA) is 70.1 Å². The lowest BCUT2D eigenvalue weighted by atomic mass is 9.89. The summed E-state index contributed by atoms with van der Waals surface area (Å²) in [6, 6.07) is 11.2. The van der Waals surface area contributed by atoms with E-state index in [9.17, 15) is 18.3 Å². The zero-order chi connectivity index (χ0) is 25.7. The first kappa shape index (κ1) is 25.9. The Labute approximate surface area is 210 Å². The average Bonchev–Trinajstić information content (AvgIpc) is 2.87. The summed E-state index contributed by atoms with van der Waals surface area (Å²) in [5.74, 6) is 0.946. The van der Waals surface area contributed by atoms with Gasteiger partial charge in [0.2, 0.25) is 0 Å². The predicted molar refractivity (Wildman–Crippen MR) is 137 cm³/mol. The van der Waals surface area contributed by atoms with Crippen molar-refractivity contribution in [3.63, 3.8) is 0 Å². The van der Waals surface area contributed by atoms with Gasteiger partial charge >= 0.3 is 6.18 Å². The molecule has 1 atom stereocenters. The summed E-state index contributed by atoms with van der Waals surface area (Å²) >= 11 is 0. The van der Waals surface area contributed by atoms with Gasteiger partial charge in [-0.15, -0.1) is 0 Å². The summed E-state index contributed by atoms with van der Waals surface area (Å²) < 4.78 is 40.5. The van der Waals surface area contributed by atoms with Crippen LogP contribution in [-0.4, -0.2) is 21.6 Å². The van der Waals surface area contributed by atoms with Gasteiger partial charge in [0.15, 0.2) is 0 Å². The number of nitrogens with one attached hydrogen (secondary N) is 2. The fourth-order valence-electron chi connectivity index (χ4n) is 4.88. The minimum absolute atomic E-state index is 0.415. The first-order valence-corrected chi connectivity index (χ1v) is 12.6. The van der Waals surface area contributed by atoms with Crippen molar-refractivity contribution in [2.24, 2.45) is 5.92 Å². The van der Waals surface area contributed by atoms with Crippen molar-refractivity contribution < 1.29 is 18.3 Å². The fourth-order valence-corrected chi connectivity index (χ4v) is 4.88. The molecule has 1 aliphatic rings. The van der Waals surface area contributed by atoms with Crippen molar-refractivity contribution in [2.75, 3.05) is 17.2 Å². The van der Waals surface area contributed by atoms with Gasteiger partial charge in [0.05, 0.1) is 17.4 Å². The number of hydrogen-bond donors (Lipinski definition) is 3. The molecule has 1 fully saturated rings. The predicted octanol–water partition coefficient (Wildman–Crippen LogP) is 7.65. The van der Waals surface area contributed by atoms with Crippen molar-refractivity contribution in [2.45, 2.75) is 64.7 Å². The molecule has 1 heterocycles. The molecule has 8 heteroatoms. The molecular formula is C28H33F3N4O. The summed E-state index contributed by atoms with van der Waals surface area (Å²) in [7, 11) is 0. The lowest BCUT2D eigenvalue weighted by molar-refractivity contribution is -0.137. The third kappa shape index (κ3) is 6.16. The average molecular weight is 499 g/mol. The second-order valence-corrected chi connectivity index (χ2v) is 9.52. The van der Waals surface area contributed by atoms with Gasteiger partial charge in [0.25, 0.3) is 0 Å².